The molecule has 0 aromatic heterocycles. The Kier molecular flexibility index (Phi) is 6.36. The van der Waals surface area contributed by atoms with Crippen LogP contribution in [0.3, 0.4) is 0 Å². The number of benzene rings is 2. The van der Waals surface area contributed by atoms with Gasteiger partial charge in [-0.3, -0.25) is 9.69 Å². The van der Waals surface area contributed by atoms with E-state index in [9.17, 15) is 9.18 Å². The first-order valence-electron chi connectivity index (χ1n) is 10.4. The van der Waals surface area contributed by atoms with Crippen molar-refractivity contribution < 1.29 is 9.18 Å². The van der Waals surface area contributed by atoms with Crippen molar-refractivity contribution in [2.24, 2.45) is 5.92 Å². The second-order valence-corrected chi connectivity index (χ2v) is 8.36. The normalized spacial score (nSPS) is 20.7. The van der Waals surface area contributed by atoms with E-state index in [0.29, 0.717) is 0 Å². The number of anilines is 1. The van der Waals surface area contributed by atoms with Crippen LogP contribution in [0.15, 0.2) is 48.5 Å². The molecule has 0 radical (unpaired) electrons. The van der Waals surface area contributed by atoms with Crippen molar-refractivity contribution in [3.63, 3.8) is 0 Å². The van der Waals surface area contributed by atoms with Gasteiger partial charge in [-0.1, -0.05) is 29.8 Å². The summed E-state index contributed by atoms with van der Waals surface area (Å²) in [5, 5.41) is 0.790. The van der Waals surface area contributed by atoms with Crippen molar-refractivity contribution >= 4 is 23.2 Å². The van der Waals surface area contributed by atoms with Gasteiger partial charge in [0.25, 0.3) is 0 Å². The summed E-state index contributed by atoms with van der Waals surface area (Å²) in [5.41, 5.74) is 2.14. The lowest BCUT2D eigenvalue weighted by Gasteiger charge is -2.39. The lowest BCUT2D eigenvalue weighted by atomic mass is 9.95. The van der Waals surface area contributed by atoms with Gasteiger partial charge in [-0.2, -0.15) is 0 Å². The van der Waals surface area contributed by atoms with Crippen molar-refractivity contribution in [1.29, 1.82) is 0 Å². The predicted molar refractivity (Wildman–Crippen MR) is 115 cm³/mol. The molecule has 1 amide bonds. The first kappa shape index (κ1) is 20.2. The number of piperidine rings is 1. The topological polar surface area (TPSA) is 26.8 Å². The third-order valence-electron chi connectivity index (χ3n) is 5.99. The van der Waals surface area contributed by atoms with Gasteiger partial charge in [0.15, 0.2) is 0 Å². The van der Waals surface area contributed by atoms with E-state index in [0.717, 1.165) is 74.9 Å². The Morgan fingerprint density at radius 3 is 2.45 bits per heavy atom. The number of amides is 1. The monoisotopic (exact) mass is 415 g/mol. The van der Waals surface area contributed by atoms with Gasteiger partial charge in [0.1, 0.15) is 5.82 Å². The number of hydrogen-bond donors (Lipinski definition) is 0. The Bertz CT molecular complexity index is 836. The summed E-state index contributed by atoms with van der Waals surface area (Å²) in [4.78, 5) is 19.7. The minimum Gasteiger partial charge on any atom is -0.368 e. The molecule has 0 bridgehead atoms. The van der Waals surface area contributed by atoms with Crippen LogP contribution in [0.1, 0.15) is 18.4 Å². The van der Waals surface area contributed by atoms with Crippen molar-refractivity contribution in [3.8, 4) is 0 Å². The molecular weight excluding hydrogens is 389 g/mol. The highest BCUT2D eigenvalue weighted by molar-refractivity contribution is 6.31. The van der Waals surface area contributed by atoms with Crippen molar-refractivity contribution in [1.82, 2.24) is 9.80 Å². The average molecular weight is 416 g/mol. The smallest absolute Gasteiger partial charge is 0.227 e. The Balaban J connectivity index is 1.31. The van der Waals surface area contributed by atoms with E-state index in [2.05, 4.69) is 15.9 Å². The molecule has 2 aliphatic rings. The van der Waals surface area contributed by atoms with E-state index in [4.69, 9.17) is 11.6 Å². The van der Waals surface area contributed by atoms with Crippen LogP contribution in [0.4, 0.5) is 10.1 Å². The van der Waals surface area contributed by atoms with E-state index in [-0.39, 0.29) is 17.6 Å². The van der Waals surface area contributed by atoms with Crippen LogP contribution in [0.25, 0.3) is 0 Å². The van der Waals surface area contributed by atoms with Crippen LogP contribution in [0, 0.1) is 11.7 Å². The molecule has 2 fully saturated rings. The quantitative estimate of drug-likeness (QED) is 0.754. The second kappa shape index (κ2) is 9.14. The maximum atomic E-state index is 13.1. The fourth-order valence-corrected chi connectivity index (χ4v) is 4.56. The van der Waals surface area contributed by atoms with Crippen molar-refractivity contribution in [2.45, 2.75) is 19.4 Å². The number of halogens is 2. The molecule has 2 heterocycles. The van der Waals surface area contributed by atoms with Gasteiger partial charge >= 0.3 is 0 Å². The van der Waals surface area contributed by atoms with Crippen LogP contribution < -0.4 is 4.90 Å². The fourth-order valence-electron chi connectivity index (χ4n) is 4.36. The molecule has 0 saturated carbocycles. The van der Waals surface area contributed by atoms with Crippen molar-refractivity contribution in [2.75, 3.05) is 44.2 Å². The van der Waals surface area contributed by atoms with Crippen LogP contribution >= 0.6 is 11.6 Å². The summed E-state index contributed by atoms with van der Waals surface area (Å²) < 4.78 is 13.1. The van der Waals surface area contributed by atoms with E-state index < -0.39 is 0 Å². The molecule has 2 saturated heterocycles. The van der Waals surface area contributed by atoms with Crippen LogP contribution in [0.5, 0.6) is 0 Å². The standard InChI is InChI=1S/C23H27ClFN3O/c24-22-6-2-1-4-18(22)16-26-11-3-5-19(17-26)23(29)28-14-12-27(13-15-28)21-9-7-20(25)8-10-21/h1-2,4,6-10,19H,3,5,11-17H2/t19-/m0/s1. The number of rotatable bonds is 4. The molecule has 1 atom stereocenters. The number of carbonyl (C=O) groups excluding carboxylic acids is 1. The van der Waals surface area contributed by atoms with Gasteiger partial charge < -0.3 is 9.80 Å². The molecule has 4 nitrogen and oxygen atoms in total. The van der Waals surface area contributed by atoms with Crippen LogP contribution in [0.2, 0.25) is 5.02 Å². The molecular formula is C23H27ClFN3O. The second-order valence-electron chi connectivity index (χ2n) is 7.95. The number of piperazine rings is 1. The highest BCUT2D eigenvalue weighted by Crippen LogP contribution is 2.24. The maximum absolute atomic E-state index is 13.1. The maximum Gasteiger partial charge on any atom is 0.227 e. The molecule has 4 rings (SSSR count). The Morgan fingerprint density at radius 1 is 1.00 bits per heavy atom. The molecule has 2 aromatic carbocycles. The van der Waals surface area contributed by atoms with E-state index in [1.54, 1.807) is 12.1 Å². The summed E-state index contributed by atoms with van der Waals surface area (Å²) in [6, 6.07) is 14.5. The Labute approximate surface area is 176 Å². The number of hydrogen-bond acceptors (Lipinski definition) is 3. The van der Waals surface area contributed by atoms with E-state index in [1.165, 1.54) is 12.1 Å². The average Bonchev–Trinajstić information content (AvgIpc) is 2.76. The molecule has 6 heteroatoms. The molecule has 0 spiro atoms. The minimum absolute atomic E-state index is 0.0589. The minimum atomic E-state index is -0.221. The number of carbonyl (C=O) groups is 1. The van der Waals surface area contributed by atoms with Crippen molar-refractivity contribution in [3.05, 3.63) is 64.9 Å². The van der Waals surface area contributed by atoms with Crippen LogP contribution in [-0.4, -0.2) is 55.0 Å². The van der Waals surface area contributed by atoms with Gasteiger partial charge in [-0.05, 0) is 55.3 Å². The molecule has 154 valence electrons. The first-order valence-corrected chi connectivity index (χ1v) is 10.7. The summed E-state index contributed by atoms with van der Waals surface area (Å²) in [7, 11) is 0. The summed E-state index contributed by atoms with van der Waals surface area (Å²) in [6.07, 6.45) is 1.99. The lowest BCUT2D eigenvalue weighted by molar-refractivity contribution is -0.137. The predicted octanol–water partition coefficient (Wildman–Crippen LogP) is 4.04. The zero-order valence-corrected chi connectivity index (χ0v) is 17.3. The molecule has 0 N–H and O–H groups in total. The molecule has 2 aliphatic heterocycles. The zero-order chi connectivity index (χ0) is 20.2. The highest BCUT2D eigenvalue weighted by Gasteiger charge is 2.31. The number of likely N-dealkylation sites (tertiary alicyclic amines) is 1. The molecule has 0 unspecified atom stereocenters. The molecule has 2 aromatic rings. The zero-order valence-electron chi connectivity index (χ0n) is 16.6. The van der Waals surface area contributed by atoms with E-state index >= 15 is 0 Å². The summed E-state index contributed by atoms with van der Waals surface area (Å²) in [6.45, 7) is 5.60. The Morgan fingerprint density at radius 2 is 1.72 bits per heavy atom. The lowest BCUT2D eigenvalue weighted by Crippen LogP contribution is -2.52. The number of nitrogens with zero attached hydrogens (tertiary/aromatic N) is 3. The van der Waals surface area contributed by atoms with Gasteiger partial charge in [0.2, 0.25) is 5.91 Å². The molecule has 29 heavy (non-hydrogen) atoms. The Hall–Kier alpha value is -2.11. The SMILES string of the molecule is O=C([C@H]1CCCN(Cc2ccccc2Cl)C1)N1CCN(c2ccc(F)cc2)CC1. The summed E-state index contributed by atoms with van der Waals surface area (Å²) >= 11 is 6.31. The highest BCUT2D eigenvalue weighted by atomic mass is 35.5. The third kappa shape index (κ3) is 4.90. The molecule has 0 aliphatic carbocycles. The van der Waals surface area contributed by atoms with Crippen LogP contribution in [-0.2, 0) is 11.3 Å². The van der Waals surface area contributed by atoms with Gasteiger partial charge in [0, 0.05) is 50.0 Å². The summed E-state index contributed by atoms with van der Waals surface area (Å²) in [5.74, 6) is 0.109. The first-order chi connectivity index (χ1) is 14.1. The van der Waals surface area contributed by atoms with Gasteiger partial charge in [-0.15, -0.1) is 0 Å². The third-order valence-corrected chi connectivity index (χ3v) is 6.36. The largest absolute Gasteiger partial charge is 0.368 e. The van der Waals surface area contributed by atoms with Gasteiger partial charge in [0.05, 0.1) is 5.92 Å². The van der Waals surface area contributed by atoms with E-state index in [1.807, 2.05) is 23.1 Å². The fraction of sp³-hybridized carbons (Fsp3) is 0.435. The van der Waals surface area contributed by atoms with Gasteiger partial charge in [-0.25, -0.2) is 4.39 Å².